The van der Waals surface area contributed by atoms with Crippen molar-refractivity contribution in [2.24, 2.45) is 0 Å². The molecule has 2 N–H and O–H groups in total. The first-order valence-electron chi connectivity index (χ1n) is 10.3. The van der Waals surface area contributed by atoms with Crippen LogP contribution < -0.4 is 10.2 Å². The summed E-state index contributed by atoms with van der Waals surface area (Å²) in [4.78, 5) is 11.9. The summed E-state index contributed by atoms with van der Waals surface area (Å²) in [6.45, 7) is 7.83. The third-order valence-corrected chi connectivity index (χ3v) is 5.40. The highest BCUT2D eigenvalue weighted by Gasteiger charge is 2.20. The van der Waals surface area contributed by atoms with E-state index in [0.29, 0.717) is 11.9 Å². The van der Waals surface area contributed by atoms with Crippen molar-refractivity contribution < 1.29 is 5.11 Å². The first-order chi connectivity index (χ1) is 14.0. The molecule has 1 aliphatic heterocycles. The smallest absolute Gasteiger partial charge is 0.229 e. The highest BCUT2D eigenvalue weighted by molar-refractivity contribution is 5.56. The minimum atomic E-state index is -0.430. The number of hydrogen-bond donors (Lipinski definition) is 2. The van der Waals surface area contributed by atoms with Gasteiger partial charge in [0.25, 0.3) is 0 Å². The Balaban J connectivity index is 1.62. The Labute approximate surface area is 172 Å². The van der Waals surface area contributed by atoms with E-state index in [-0.39, 0.29) is 0 Å². The molecular weight excluding hydrogens is 360 g/mol. The zero-order valence-corrected chi connectivity index (χ0v) is 17.3. The lowest BCUT2D eigenvalue weighted by Gasteiger charge is -2.31. The fraction of sp³-hybridized carbons (Fsp3) is 0.333. The average molecular weight is 389 g/mol. The highest BCUT2D eigenvalue weighted by Crippen LogP contribution is 2.28. The maximum Gasteiger partial charge on any atom is 0.229 e. The molecule has 29 heavy (non-hydrogen) atoms. The Morgan fingerprint density at radius 2 is 1.76 bits per heavy atom. The zero-order chi connectivity index (χ0) is 20.4. The number of para-hydroxylation sites is 1. The van der Waals surface area contributed by atoms with Crippen LogP contribution in [-0.4, -0.2) is 21.6 Å². The number of fused-ring (bicyclic) bond motifs is 1. The van der Waals surface area contributed by atoms with Gasteiger partial charge in [-0.25, -0.2) is 4.98 Å². The van der Waals surface area contributed by atoms with Gasteiger partial charge in [-0.2, -0.15) is 4.98 Å². The summed E-state index contributed by atoms with van der Waals surface area (Å²) in [5.74, 6) is 1.90. The molecular formula is C24H28N4O. The Morgan fingerprint density at radius 1 is 0.966 bits per heavy atom. The standard InChI is InChI=1S/C24H28N4O/c1-16(2)22-14-23(27-24(26-22)25-21-7-5-4-6-8-21)28-12-11-19-13-18(17(3)29)9-10-20(19)15-28/h4-10,13-14,16-17,29H,11-12,15H2,1-3H3,(H,25,26,27)/t17-/m1/s1. The largest absolute Gasteiger partial charge is 0.389 e. The number of hydrogen-bond acceptors (Lipinski definition) is 5. The number of anilines is 3. The van der Waals surface area contributed by atoms with Crippen LogP contribution in [0.3, 0.4) is 0 Å². The van der Waals surface area contributed by atoms with Crippen molar-refractivity contribution in [3.8, 4) is 0 Å². The van der Waals surface area contributed by atoms with Crippen molar-refractivity contribution in [1.29, 1.82) is 0 Å². The van der Waals surface area contributed by atoms with Crippen LogP contribution in [0.1, 0.15) is 55.2 Å². The fourth-order valence-corrected chi connectivity index (χ4v) is 3.65. The van der Waals surface area contributed by atoms with Crippen molar-refractivity contribution in [2.75, 3.05) is 16.8 Å². The van der Waals surface area contributed by atoms with Crippen molar-refractivity contribution in [3.05, 3.63) is 77.0 Å². The van der Waals surface area contributed by atoms with E-state index in [0.717, 1.165) is 42.3 Å². The average Bonchev–Trinajstić information content (AvgIpc) is 2.73. The molecule has 0 radical (unpaired) electrons. The second kappa shape index (κ2) is 8.21. The van der Waals surface area contributed by atoms with Crippen LogP contribution in [0, 0.1) is 0 Å². The maximum atomic E-state index is 9.86. The Bertz CT molecular complexity index is 985. The zero-order valence-electron chi connectivity index (χ0n) is 17.3. The van der Waals surface area contributed by atoms with Crippen LogP contribution in [-0.2, 0) is 13.0 Å². The van der Waals surface area contributed by atoms with Crippen LogP contribution in [0.25, 0.3) is 0 Å². The molecule has 0 spiro atoms. The van der Waals surface area contributed by atoms with E-state index in [4.69, 9.17) is 9.97 Å². The predicted octanol–water partition coefficient (Wildman–Crippen LogP) is 4.96. The minimum absolute atomic E-state index is 0.318. The maximum absolute atomic E-state index is 9.86. The topological polar surface area (TPSA) is 61.3 Å². The highest BCUT2D eigenvalue weighted by atomic mass is 16.3. The van der Waals surface area contributed by atoms with E-state index in [1.54, 1.807) is 0 Å². The van der Waals surface area contributed by atoms with Crippen LogP contribution in [0.15, 0.2) is 54.6 Å². The second-order valence-corrected chi connectivity index (χ2v) is 8.00. The van der Waals surface area contributed by atoms with Gasteiger partial charge in [0.15, 0.2) is 0 Å². The number of benzene rings is 2. The molecule has 5 nitrogen and oxygen atoms in total. The lowest BCUT2D eigenvalue weighted by Crippen LogP contribution is -2.31. The molecule has 3 aromatic rings. The molecule has 0 amide bonds. The van der Waals surface area contributed by atoms with Gasteiger partial charge in [-0.1, -0.05) is 50.2 Å². The van der Waals surface area contributed by atoms with Crippen molar-refractivity contribution in [2.45, 2.75) is 45.8 Å². The van der Waals surface area contributed by atoms with Gasteiger partial charge in [-0.15, -0.1) is 0 Å². The predicted molar refractivity (Wildman–Crippen MR) is 118 cm³/mol. The minimum Gasteiger partial charge on any atom is -0.389 e. The van der Waals surface area contributed by atoms with E-state index < -0.39 is 6.10 Å². The molecule has 0 aliphatic carbocycles. The number of nitrogens with one attached hydrogen (secondary N) is 1. The molecule has 4 rings (SSSR count). The first kappa shape index (κ1) is 19.4. The van der Waals surface area contributed by atoms with Crippen molar-refractivity contribution in [1.82, 2.24) is 9.97 Å². The van der Waals surface area contributed by atoms with Crippen molar-refractivity contribution >= 4 is 17.5 Å². The van der Waals surface area contributed by atoms with E-state index in [1.807, 2.05) is 43.3 Å². The molecule has 1 aliphatic rings. The Morgan fingerprint density at radius 3 is 2.48 bits per heavy atom. The van der Waals surface area contributed by atoms with Crippen LogP contribution >= 0.6 is 0 Å². The number of rotatable bonds is 5. The number of aliphatic hydroxyl groups is 1. The van der Waals surface area contributed by atoms with Crippen LogP contribution in [0.5, 0.6) is 0 Å². The van der Waals surface area contributed by atoms with E-state index in [2.05, 4.69) is 42.3 Å². The molecule has 5 heteroatoms. The lowest BCUT2D eigenvalue weighted by molar-refractivity contribution is 0.199. The van der Waals surface area contributed by atoms with E-state index in [9.17, 15) is 5.11 Å². The first-order valence-corrected chi connectivity index (χ1v) is 10.3. The SMILES string of the molecule is CC(C)c1cc(N2CCc3cc([C@@H](C)O)ccc3C2)nc(Nc2ccccc2)n1. The van der Waals surface area contributed by atoms with Gasteiger partial charge in [0.1, 0.15) is 5.82 Å². The summed E-state index contributed by atoms with van der Waals surface area (Å²) in [6, 6.07) is 18.4. The number of nitrogens with zero attached hydrogens (tertiary/aromatic N) is 3. The van der Waals surface area contributed by atoms with Gasteiger partial charge in [0.05, 0.1) is 11.8 Å². The van der Waals surface area contributed by atoms with Gasteiger partial charge < -0.3 is 15.3 Å². The van der Waals surface area contributed by atoms with Gasteiger partial charge in [-0.05, 0) is 48.1 Å². The molecule has 2 heterocycles. The molecule has 2 aromatic carbocycles. The summed E-state index contributed by atoms with van der Waals surface area (Å²) in [5.41, 5.74) is 5.61. The molecule has 150 valence electrons. The summed E-state index contributed by atoms with van der Waals surface area (Å²) in [6.07, 6.45) is 0.513. The summed E-state index contributed by atoms with van der Waals surface area (Å²) < 4.78 is 0. The summed E-state index contributed by atoms with van der Waals surface area (Å²) >= 11 is 0. The van der Waals surface area contributed by atoms with Gasteiger partial charge in [0.2, 0.25) is 5.95 Å². The monoisotopic (exact) mass is 388 g/mol. The van der Waals surface area contributed by atoms with Crippen LogP contribution in [0.2, 0.25) is 0 Å². The Hall–Kier alpha value is -2.92. The van der Waals surface area contributed by atoms with E-state index in [1.165, 1.54) is 11.1 Å². The number of aromatic nitrogens is 2. The summed E-state index contributed by atoms with van der Waals surface area (Å²) in [7, 11) is 0. The molecule has 0 fully saturated rings. The molecule has 0 saturated heterocycles. The molecule has 1 aromatic heterocycles. The Kier molecular flexibility index (Phi) is 5.49. The third kappa shape index (κ3) is 4.40. The van der Waals surface area contributed by atoms with Gasteiger partial charge >= 0.3 is 0 Å². The lowest BCUT2D eigenvalue weighted by atomic mass is 9.95. The molecule has 0 unspecified atom stereocenters. The fourth-order valence-electron chi connectivity index (χ4n) is 3.65. The molecule has 0 bridgehead atoms. The molecule has 1 atom stereocenters. The van der Waals surface area contributed by atoms with Crippen molar-refractivity contribution in [3.63, 3.8) is 0 Å². The van der Waals surface area contributed by atoms with Gasteiger partial charge in [0, 0.05) is 24.8 Å². The van der Waals surface area contributed by atoms with Gasteiger partial charge in [-0.3, -0.25) is 0 Å². The normalized spacial score (nSPS) is 14.6. The molecule has 0 saturated carbocycles. The summed E-state index contributed by atoms with van der Waals surface area (Å²) in [5, 5.41) is 13.2. The second-order valence-electron chi connectivity index (χ2n) is 8.00. The number of aliphatic hydroxyl groups excluding tert-OH is 1. The van der Waals surface area contributed by atoms with Crippen LogP contribution in [0.4, 0.5) is 17.5 Å². The third-order valence-electron chi connectivity index (χ3n) is 5.40. The quantitative estimate of drug-likeness (QED) is 0.647. The van der Waals surface area contributed by atoms with E-state index >= 15 is 0 Å².